The number of nitrogens with zero attached hydrogens (tertiary/aromatic N) is 3. The lowest BCUT2D eigenvalue weighted by Crippen LogP contribution is -2.07. The number of aromatic nitrogens is 3. The number of amides is 1. The molecule has 1 N–H and O–H groups in total. The molecule has 0 bridgehead atoms. The zero-order chi connectivity index (χ0) is 28.3. The Labute approximate surface area is 234 Å². The molecule has 0 aliphatic rings. The Hall–Kier alpha value is -5.37. The van der Waals surface area contributed by atoms with Crippen molar-refractivity contribution in [1.82, 2.24) is 14.5 Å². The molecular formula is C33H24F2N4O2. The van der Waals surface area contributed by atoms with E-state index >= 15 is 0 Å². The highest BCUT2D eigenvalue weighted by Crippen LogP contribution is 2.32. The maximum atomic E-state index is 14.6. The third-order valence-electron chi connectivity index (χ3n) is 6.60. The molecule has 0 radical (unpaired) electrons. The molecule has 0 fully saturated rings. The number of hydrogen-bond acceptors (Lipinski definition) is 4. The third kappa shape index (κ3) is 5.67. The maximum Gasteiger partial charge on any atom is 0.221 e. The molecule has 0 saturated carbocycles. The first-order valence-electron chi connectivity index (χ1n) is 12.9. The molecule has 4 aromatic carbocycles. The van der Waals surface area contributed by atoms with Gasteiger partial charge < -0.3 is 10.1 Å². The zero-order valence-electron chi connectivity index (χ0n) is 22.0. The van der Waals surface area contributed by atoms with Crippen LogP contribution in [0.1, 0.15) is 12.5 Å². The van der Waals surface area contributed by atoms with Crippen molar-refractivity contribution in [3.63, 3.8) is 0 Å². The minimum atomic E-state index is -0.693. The van der Waals surface area contributed by atoms with E-state index in [0.29, 0.717) is 29.4 Å². The monoisotopic (exact) mass is 546 g/mol. The highest BCUT2D eigenvalue weighted by molar-refractivity contribution is 5.91. The summed E-state index contributed by atoms with van der Waals surface area (Å²) in [5, 5.41) is 2.76. The van der Waals surface area contributed by atoms with Crippen LogP contribution in [-0.4, -0.2) is 20.4 Å². The van der Waals surface area contributed by atoms with E-state index in [4.69, 9.17) is 4.74 Å². The molecule has 6 rings (SSSR count). The smallest absolute Gasteiger partial charge is 0.221 e. The predicted molar refractivity (Wildman–Crippen MR) is 155 cm³/mol. The van der Waals surface area contributed by atoms with E-state index in [1.165, 1.54) is 19.1 Å². The molecule has 6 aromatic rings. The van der Waals surface area contributed by atoms with Crippen LogP contribution in [-0.2, 0) is 11.4 Å². The van der Waals surface area contributed by atoms with Gasteiger partial charge in [-0.05, 0) is 65.2 Å². The number of anilines is 1. The number of ether oxygens (including phenoxy) is 1. The average Bonchev–Trinajstić information content (AvgIpc) is 3.40. The maximum absolute atomic E-state index is 14.6. The quantitative estimate of drug-likeness (QED) is 0.224. The average molecular weight is 547 g/mol. The number of nitrogens with one attached hydrogen (secondary N) is 1. The fourth-order valence-electron chi connectivity index (χ4n) is 4.67. The fraction of sp³-hybridized carbons (Fsp3) is 0.0606. The highest BCUT2D eigenvalue weighted by Gasteiger charge is 2.13. The molecule has 0 unspecified atom stereocenters. The van der Waals surface area contributed by atoms with Gasteiger partial charge in [-0.25, -0.2) is 18.7 Å². The highest BCUT2D eigenvalue weighted by atomic mass is 19.1. The summed E-state index contributed by atoms with van der Waals surface area (Å²) in [5.74, 6) is -1.08. The first-order chi connectivity index (χ1) is 19.9. The van der Waals surface area contributed by atoms with E-state index in [0.717, 1.165) is 33.8 Å². The lowest BCUT2D eigenvalue weighted by molar-refractivity contribution is -0.114. The summed E-state index contributed by atoms with van der Waals surface area (Å²) >= 11 is 0. The molecule has 6 nitrogen and oxygen atoms in total. The third-order valence-corrected chi connectivity index (χ3v) is 6.60. The van der Waals surface area contributed by atoms with Crippen molar-refractivity contribution in [1.29, 1.82) is 0 Å². The molecule has 2 heterocycles. The Balaban J connectivity index is 1.30. The Bertz CT molecular complexity index is 1870. The van der Waals surface area contributed by atoms with Gasteiger partial charge in [-0.15, -0.1) is 0 Å². The Morgan fingerprint density at radius 3 is 2.44 bits per heavy atom. The molecule has 0 aliphatic carbocycles. The van der Waals surface area contributed by atoms with Crippen molar-refractivity contribution in [2.45, 2.75) is 13.5 Å². The second kappa shape index (κ2) is 11.0. The van der Waals surface area contributed by atoms with E-state index < -0.39 is 11.6 Å². The number of carbonyl (C=O) groups excluding carboxylic acids is 1. The van der Waals surface area contributed by atoms with E-state index in [-0.39, 0.29) is 11.5 Å². The summed E-state index contributed by atoms with van der Waals surface area (Å²) in [6, 6.07) is 28.2. The number of carbonyl (C=O) groups is 1. The van der Waals surface area contributed by atoms with Gasteiger partial charge in [0.15, 0.2) is 0 Å². The van der Waals surface area contributed by atoms with Crippen molar-refractivity contribution in [3.8, 4) is 33.8 Å². The first kappa shape index (κ1) is 25.9. The SMILES string of the molecule is CC(=O)Nc1cc(-c2ccc(F)cc2F)cc(-n2cnc3cc(-c4ccc(OCc5ccccc5)nc4)ccc32)c1. The van der Waals surface area contributed by atoms with Crippen LogP contribution in [0.4, 0.5) is 14.5 Å². The van der Waals surface area contributed by atoms with Crippen LogP contribution in [0.3, 0.4) is 0 Å². The van der Waals surface area contributed by atoms with Crippen molar-refractivity contribution < 1.29 is 18.3 Å². The van der Waals surface area contributed by atoms with Gasteiger partial charge in [-0.1, -0.05) is 36.4 Å². The summed E-state index contributed by atoms with van der Waals surface area (Å²) in [7, 11) is 0. The second-order valence-corrected chi connectivity index (χ2v) is 9.55. The summed E-state index contributed by atoms with van der Waals surface area (Å²) in [6.45, 7) is 1.84. The van der Waals surface area contributed by atoms with E-state index in [9.17, 15) is 13.6 Å². The van der Waals surface area contributed by atoms with Crippen LogP contribution in [0, 0.1) is 11.6 Å². The van der Waals surface area contributed by atoms with Gasteiger partial charge in [0.1, 0.15) is 24.6 Å². The van der Waals surface area contributed by atoms with Crippen molar-refractivity contribution in [3.05, 3.63) is 127 Å². The number of imidazole rings is 1. The number of pyridine rings is 1. The number of fused-ring (bicyclic) bond motifs is 1. The minimum absolute atomic E-state index is 0.218. The van der Waals surface area contributed by atoms with Crippen LogP contribution >= 0.6 is 0 Å². The molecule has 0 aliphatic heterocycles. The van der Waals surface area contributed by atoms with E-state index in [1.807, 2.05) is 65.2 Å². The van der Waals surface area contributed by atoms with Crippen LogP contribution in [0.25, 0.3) is 39.0 Å². The molecular weight excluding hydrogens is 522 g/mol. The molecule has 0 spiro atoms. The minimum Gasteiger partial charge on any atom is -0.473 e. The second-order valence-electron chi connectivity index (χ2n) is 9.55. The Morgan fingerprint density at radius 2 is 1.68 bits per heavy atom. The molecule has 2 aromatic heterocycles. The lowest BCUT2D eigenvalue weighted by atomic mass is 10.0. The summed E-state index contributed by atoms with van der Waals surface area (Å²) in [6.07, 6.45) is 3.43. The normalized spacial score (nSPS) is 11.0. The number of benzene rings is 4. The van der Waals surface area contributed by atoms with Crippen molar-refractivity contribution in [2.24, 2.45) is 0 Å². The number of hydrogen-bond donors (Lipinski definition) is 1. The van der Waals surface area contributed by atoms with Gasteiger partial charge >= 0.3 is 0 Å². The van der Waals surface area contributed by atoms with Crippen molar-refractivity contribution in [2.75, 3.05) is 5.32 Å². The van der Waals surface area contributed by atoms with Crippen molar-refractivity contribution >= 4 is 22.6 Å². The number of halogens is 2. The summed E-state index contributed by atoms with van der Waals surface area (Å²) in [5.41, 5.74) is 6.32. The zero-order valence-corrected chi connectivity index (χ0v) is 22.0. The van der Waals surface area contributed by atoms with E-state index in [2.05, 4.69) is 15.3 Å². The van der Waals surface area contributed by atoms with Gasteiger partial charge in [0.25, 0.3) is 0 Å². The number of rotatable bonds is 7. The molecule has 41 heavy (non-hydrogen) atoms. The molecule has 0 atom stereocenters. The Kier molecular flexibility index (Phi) is 6.95. The topological polar surface area (TPSA) is 69.0 Å². The molecule has 202 valence electrons. The standard InChI is InChI=1S/C33H24F2N4O2/c1-21(40)38-27-13-25(29-10-9-26(34)16-30(29)35)14-28(17-27)39-20-37-31-15-23(7-11-32(31)39)24-8-12-33(36-18-24)41-19-22-5-3-2-4-6-22/h2-18,20H,19H2,1H3,(H,38,40). The van der Waals surface area contributed by atoms with Crippen LogP contribution in [0.2, 0.25) is 0 Å². The summed E-state index contributed by atoms with van der Waals surface area (Å²) in [4.78, 5) is 20.9. The first-order valence-corrected chi connectivity index (χ1v) is 12.9. The molecule has 8 heteroatoms. The predicted octanol–water partition coefficient (Wildman–Crippen LogP) is 7.57. The largest absolute Gasteiger partial charge is 0.473 e. The van der Waals surface area contributed by atoms with Crippen LogP contribution < -0.4 is 10.1 Å². The molecule has 0 saturated heterocycles. The van der Waals surface area contributed by atoms with Gasteiger partial charge in [0, 0.05) is 47.8 Å². The summed E-state index contributed by atoms with van der Waals surface area (Å²) < 4.78 is 35.8. The van der Waals surface area contributed by atoms with Gasteiger partial charge in [-0.3, -0.25) is 9.36 Å². The van der Waals surface area contributed by atoms with Crippen LogP contribution in [0.5, 0.6) is 5.88 Å². The van der Waals surface area contributed by atoms with Gasteiger partial charge in [0.2, 0.25) is 11.8 Å². The van der Waals surface area contributed by atoms with Gasteiger partial charge in [-0.2, -0.15) is 0 Å². The van der Waals surface area contributed by atoms with E-state index in [1.54, 1.807) is 30.7 Å². The molecule has 1 amide bonds. The lowest BCUT2D eigenvalue weighted by Gasteiger charge is -2.13. The fourth-order valence-corrected chi connectivity index (χ4v) is 4.67. The van der Waals surface area contributed by atoms with Crippen LogP contribution in [0.15, 0.2) is 110 Å². The Morgan fingerprint density at radius 1 is 0.854 bits per heavy atom. The van der Waals surface area contributed by atoms with Gasteiger partial charge in [0.05, 0.1) is 11.0 Å².